The average Bonchev–Trinajstić information content (AvgIpc) is 2.36. The van der Waals surface area contributed by atoms with Crippen molar-refractivity contribution in [3.63, 3.8) is 0 Å². The number of hydrogen-bond acceptors (Lipinski definition) is 4. The summed E-state index contributed by atoms with van der Waals surface area (Å²) in [7, 11) is 2.08. The van der Waals surface area contributed by atoms with Gasteiger partial charge in [0.15, 0.2) is 0 Å². The minimum Gasteiger partial charge on any atom is -0.377 e. The Morgan fingerprint density at radius 2 is 2.22 bits per heavy atom. The monoisotopic (exact) mass is 251 g/mol. The summed E-state index contributed by atoms with van der Waals surface area (Å²) in [6.07, 6.45) is 4.05. The van der Waals surface area contributed by atoms with E-state index in [4.69, 9.17) is 4.74 Å². The molecule has 0 atom stereocenters. The van der Waals surface area contributed by atoms with E-state index in [1.54, 1.807) is 0 Å². The predicted molar refractivity (Wildman–Crippen MR) is 76.0 cm³/mol. The Hall–Kier alpha value is -1.13. The van der Waals surface area contributed by atoms with Gasteiger partial charge in [-0.3, -0.25) is 4.98 Å². The van der Waals surface area contributed by atoms with Crippen LogP contribution in [-0.4, -0.2) is 37.8 Å². The molecule has 1 heterocycles. The molecule has 0 aromatic carbocycles. The number of anilines is 1. The minimum atomic E-state index is 0.286. The smallest absolute Gasteiger partial charge is 0.0644 e. The number of ether oxygens (including phenoxy) is 1. The maximum Gasteiger partial charge on any atom is 0.0644 e. The van der Waals surface area contributed by atoms with Crippen LogP contribution in [0.1, 0.15) is 26.3 Å². The zero-order valence-corrected chi connectivity index (χ0v) is 11.9. The Morgan fingerprint density at radius 1 is 1.44 bits per heavy atom. The van der Waals surface area contributed by atoms with E-state index in [-0.39, 0.29) is 6.10 Å². The lowest BCUT2D eigenvalue weighted by atomic mass is 10.2. The number of pyridine rings is 1. The lowest BCUT2D eigenvalue weighted by Gasteiger charge is -2.22. The Kier molecular flexibility index (Phi) is 6.68. The molecule has 18 heavy (non-hydrogen) atoms. The van der Waals surface area contributed by atoms with Crippen LogP contribution >= 0.6 is 0 Å². The lowest BCUT2D eigenvalue weighted by Crippen LogP contribution is -2.26. The van der Waals surface area contributed by atoms with Gasteiger partial charge in [0.1, 0.15) is 0 Å². The van der Waals surface area contributed by atoms with Gasteiger partial charge in [0, 0.05) is 26.3 Å². The molecule has 4 nitrogen and oxygen atoms in total. The van der Waals surface area contributed by atoms with Gasteiger partial charge in [-0.05, 0) is 32.0 Å². The Bertz CT molecular complexity index is 342. The highest BCUT2D eigenvalue weighted by Crippen LogP contribution is 2.17. The summed E-state index contributed by atoms with van der Waals surface area (Å²) < 4.78 is 5.58. The van der Waals surface area contributed by atoms with Gasteiger partial charge in [0.05, 0.1) is 24.6 Å². The second kappa shape index (κ2) is 8.06. The van der Waals surface area contributed by atoms with Crippen LogP contribution in [-0.2, 0) is 11.3 Å². The van der Waals surface area contributed by atoms with Gasteiger partial charge in [0.25, 0.3) is 0 Å². The number of rotatable bonds is 8. The lowest BCUT2D eigenvalue weighted by molar-refractivity contribution is 0.0846. The molecular weight excluding hydrogens is 226 g/mol. The summed E-state index contributed by atoms with van der Waals surface area (Å²) in [5, 5.41) is 3.35. The first-order chi connectivity index (χ1) is 8.65. The first kappa shape index (κ1) is 14.9. The Labute approximate surface area is 110 Å². The third kappa shape index (κ3) is 5.02. The van der Waals surface area contributed by atoms with Crippen LogP contribution in [0.2, 0.25) is 0 Å². The van der Waals surface area contributed by atoms with E-state index >= 15 is 0 Å². The highest BCUT2D eigenvalue weighted by atomic mass is 16.5. The maximum atomic E-state index is 5.58. The van der Waals surface area contributed by atoms with Crippen molar-refractivity contribution < 1.29 is 4.74 Å². The number of nitrogens with one attached hydrogen (secondary N) is 1. The van der Waals surface area contributed by atoms with Crippen molar-refractivity contribution in [3.05, 3.63) is 24.0 Å². The summed E-state index contributed by atoms with van der Waals surface area (Å²) >= 11 is 0. The number of aromatic nitrogens is 1. The van der Waals surface area contributed by atoms with Crippen molar-refractivity contribution in [3.8, 4) is 0 Å². The van der Waals surface area contributed by atoms with Gasteiger partial charge in [-0.2, -0.15) is 0 Å². The molecule has 0 fully saturated rings. The fraction of sp³-hybridized carbons (Fsp3) is 0.643. The summed E-state index contributed by atoms with van der Waals surface area (Å²) in [6.45, 7) is 9.70. The molecule has 0 saturated carbocycles. The van der Waals surface area contributed by atoms with Crippen LogP contribution in [0.3, 0.4) is 0 Å². The summed E-state index contributed by atoms with van der Waals surface area (Å²) in [6, 6.07) is 2.07. The molecule has 0 radical (unpaired) electrons. The van der Waals surface area contributed by atoms with E-state index in [1.165, 1.54) is 11.3 Å². The van der Waals surface area contributed by atoms with E-state index in [2.05, 4.69) is 49.1 Å². The Balaban J connectivity index is 2.57. The molecule has 0 spiro atoms. The molecule has 4 heteroatoms. The minimum absolute atomic E-state index is 0.286. The van der Waals surface area contributed by atoms with Crippen molar-refractivity contribution in [2.45, 2.75) is 33.4 Å². The first-order valence-electron chi connectivity index (χ1n) is 6.61. The third-order valence-corrected chi connectivity index (χ3v) is 2.74. The van der Waals surface area contributed by atoms with E-state index in [1.807, 2.05) is 12.4 Å². The van der Waals surface area contributed by atoms with Crippen LogP contribution in [0.5, 0.6) is 0 Å². The summed E-state index contributed by atoms with van der Waals surface area (Å²) in [5.41, 5.74) is 2.45. The number of likely N-dealkylation sites (N-methyl/N-ethyl adjacent to an activating group) is 1. The molecule has 0 aliphatic rings. The molecule has 0 unspecified atom stereocenters. The van der Waals surface area contributed by atoms with E-state index in [0.29, 0.717) is 0 Å². The van der Waals surface area contributed by atoms with Crippen LogP contribution < -0.4 is 10.2 Å². The number of hydrogen-bond donors (Lipinski definition) is 1. The zero-order valence-electron chi connectivity index (χ0n) is 11.9. The van der Waals surface area contributed by atoms with Gasteiger partial charge in [-0.25, -0.2) is 0 Å². The molecule has 1 rings (SSSR count). The maximum absolute atomic E-state index is 5.58. The molecule has 1 aromatic heterocycles. The SMILES string of the molecule is CCNCc1ccncc1N(C)CCOC(C)C. The van der Waals surface area contributed by atoms with Gasteiger partial charge in [-0.1, -0.05) is 6.92 Å². The van der Waals surface area contributed by atoms with Crippen molar-refractivity contribution >= 4 is 5.69 Å². The molecule has 0 bridgehead atoms. The molecule has 1 aromatic rings. The van der Waals surface area contributed by atoms with Gasteiger partial charge < -0.3 is 15.0 Å². The van der Waals surface area contributed by atoms with Gasteiger partial charge in [-0.15, -0.1) is 0 Å². The average molecular weight is 251 g/mol. The second-order valence-electron chi connectivity index (χ2n) is 4.63. The van der Waals surface area contributed by atoms with Crippen molar-refractivity contribution in [2.24, 2.45) is 0 Å². The topological polar surface area (TPSA) is 37.4 Å². The molecule has 102 valence electrons. The first-order valence-corrected chi connectivity index (χ1v) is 6.61. The molecule has 0 saturated heterocycles. The highest BCUT2D eigenvalue weighted by Gasteiger charge is 2.07. The predicted octanol–water partition coefficient (Wildman–Crippen LogP) is 2.05. The normalized spacial score (nSPS) is 10.9. The van der Waals surface area contributed by atoms with Crippen LogP contribution in [0.4, 0.5) is 5.69 Å². The molecular formula is C14H25N3O. The quantitative estimate of drug-likeness (QED) is 0.767. The van der Waals surface area contributed by atoms with Gasteiger partial charge >= 0.3 is 0 Å². The number of nitrogens with zero attached hydrogens (tertiary/aromatic N) is 2. The molecule has 0 aliphatic carbocycles. The fourth-order valence-corrected chi connectivity index (χ4v) is 1.71. The van der Waals surface area contributed by atoms with E-state index < -0.39 is 0 Å². The summed E-state index contributed by atoms with van der Waals surface area (Å²) in [4.78, 5) is 6.40. The van der Waals surface area contributed by atoms with Crippen LogP contribution in [0.15, 0.2) is 18.5 Å². The highest BCUT2D eigenvalue weighted by molar-refractivity contribution is 5.50. The van der Waals surface area contributed by atoms with Crippen LogP contribution in [0.25, 0.3) is 0 Å². The van der Waals surface area contributed by atoms with Crippen molar-refractivity contribution in [1.29, 1.82) is 0 Å². The largest absolute Gasteiger partial charge is 0.377 e. The molecule has 1 N–H and O–H groups in total. The third-order valence-electron chi connectivity index (χ3n) is 2.74. The molecule has 0 amide bonds. The van der Waals surface area contributed by atoms with E-state index in [9.17, 15) is 0 Å². The van der Waals surface area contributed by atoms with Crippen LogP contribution in [0, 0.1) is 0 Å². The van der Waals surface area contributed by atoms with Crippen molar-refractivity contribution in [2.75, 3.05) is 31.6 Å². The molecule has 0 aliphatic heterocycles. The van der Waals surface area contributed by atoms with Gasteiger partial charge in [0.2, 0.25) is 0 Å². The van der Waals surface area contributed by atoms with E-state index in [0.717, 1.165) is 26.2 Å². The standard InChI is InChI=1S/C14H25N3O/c1-5-15-10-13-6-7-16-11-14(13)17(4)8-9-18-12(2)3/h6-7,11-12,15H,5,8-10H2,1-4H3. The zero-order chi connectivity index (χ0) is 13.4. The fourth-order valence-electron chi connectivity index (χ4n) is 1.71. The Morgan fingerprint density at radius 3 is 2.89 bits per heavy atom. The van der Waals surface area contributed by atoms with Crippen molar-refractivity contribution in [1.82, 2.24) is 10.3 Å². The second-order valence-corrected chi connectivity index (χ2v) is 4.63. The summed E-state index contributed by atoms with van der Waals surface area (Å²) in [5.74, 6) is 0.